The second kappa shape index (κ2) is 5.68. The molecule has 0 heterocycles. The van der Waals surface area contributed by atoms with Gasteiger partial charge in [0, 0.05) is 5.56 Å². The molecule has 0 radical (unpaired) electrons. The van der Waals surface area contributed by atoms with E-state index in [1.54, 1.807) is 0 Å². The number of carbonyl (C=O) groups excluding carboxylic acids is 1. The van der Waals surface area contributed by atoms with Gasteiger partial charge in [-0.25, -0.2) is 0 Å². The molecule has 1 fully saturated rings. The van der Waals surface area contributed by atoms with Crippen LogP contribution in [0.5, 0.6) is 0 Å². The molecule has 0 bridgehead atoms. The highest BCUT2D eigenvalue weighted by Gasteiger charge is 2.25. The molecule has 1 aromatic carbocycles. The zero-order valence-electron chi connectivity index (χ0n) is 10.3. The summed E-state index contributed by atoms with van der Waals surface area (Å²) in [6.45, 7) is 2.26. The molecular formula is C15H19ClO. The number of carbonyl (C=O) groups is 1. The predicted molar refractivity (Wildman–Crippen MR) is 71.6 cm³/mol. The molecule has 2 heteroatoms. The van der Waals surface area contributed by atoms with Crippen LogP contribution < -0.4 is 0 Å². The van der Waals surface area contributed by atoms with Gasteiger partial charge in [0.15, 0.2) is 0 Å². The molecule has 2 atom stereocenters. The summed E-state index contributed by atoms with van der Waals surface area (Å²) in [4.78, 5) is 11.0. The zero-order valence-corrected chi connectivity index (χ0v) is 11.0. The summed E-state index contributed by atoms with van der Waals surface area (Å²) in [5.74, 6) is 1.59. The van der Waals surface area contributed by atoms with Gasteiger partial charge in [0.1, 0.15) is 0 Å². The first-order chi connectivity index (χ1) is 8.20. The normalized spacial score (nSPS) is 23.9. The van der Waals surface area contributed by atoms with E-state index in [0.29, 0.717) is 11.5 Å². The van der Waals surface area contributed by atoms with Gasteiger partial charge in [-0.2, -0.15) is 0 Å². The van der Waals surface area contributed by atoms with E-state index >= 15 is 0 Å². The van der Waals surface area contributed by atoms with Crippen molar-refractivity contribution in [1.29, 1.82) is 0 Å². The molecule has 1 nitrogen and oxygen atoms in total. The first kappa shape index (κ1) is 12.6. The summed E-state index contributed by atoms with van der Waals surface area (Å²) in [5, 5.41) is -0.369. The summed E-state index contributed by atoms with van der Waals surface area (Å²) >= 11 is 5.44. The minimum absolute atomic E-state index is 0.369. The van der Waals surface area contributed by atoms with Crippen LogP contribution in [0.2, 0.25) is 0 Å². The lowest BCUT2D eigenvalue weighted by atomic mass is 9.94. The van der Waals surface area contributed by atoms with Gasteiger partial charge in [-0.15, -0.1) is 0 Å². The fourth-order valence-electron chi connectivity index (χ4n) is 2.93. The Balaban J connectivity index is 2.01. The van der Waals surface area contributed by atoms with Crippen LogP contribution in [0.25, 0.3) is 0 Å². The number of hydrogen-bond donors (Lipinski definition) is 0. The van der Waals surface area contributed by atoms with E-state index in [1.165, 1.54) is 37.7 Å². The van der Waals surface area contributed by atoms with Crippen LogP contribution in [0.1, 0.15) is 60.9 Å². The molecule has 0 amide bonds. The Morgan fingerprint density at radius 3 is 2.59 bits per heavy atom. The van der Waals surface area contributed by atoms with Gasteiger partial charge >= 0.3 is 0 Å². The van der Waals surface area contributed by atoms with E-state index in [0.717, 1.165) is 5.92 Å². The molecule has 0 N–H and O–H groups in total. The molecule has 0 unspecified atom stereocenters. The van der Waals surface area contributed by atoms with Crippen molar-refractivity contribution >= 4 is 16.8 Å². The zero-order chi connectivity index (χ0) is 12.3. The molecule has 0 spiro atoms. The smallest absolute Gasteiger partial charge is 0.252 e. The fourth-order valence-corrected chi connectivity index (χ4v) is 3.06. The SMILES string of the molecule is CCC[C@H]1CC[C@H](c2ccc(C(=O)Cl)cc2)C1. The lowest BCUT2D eigenvalue weighted by Crippen LogP contribution is -1.97. The highest BCUT2D eigenvalue weighted by Crippen LogP contribution is 2.40. The Kier molecular flexibility index (Phi) is 4.22. The van der Waals surface area contributed by atoms with Crippen LogP contribution in [0.15, 0.2) is 24.3 Å². The van der Waals surface area contributed by atoms with E-state index in [1.807, 2.05) is 12.1 Å². The van der Waals surface area contributed by atoms with E-state index in [2.05, 4.69) is 19.1 Å². The Bertz CT molecular complexity index is 382. The van der Waals surface area contributed by atoms with Crippen molar-refractivity contribution in [3.05, 3.63) is 35.4 Å². The van der Waals surface area contributed by atoms with Gasteiger partial charge in [-0.1, -0.05) is 31.9 Å². The molecule has 0 saturated heterocycles. The summed E-state index contributed by atoms with van der Waals surface area (Å²) < 4.78 is 0. The third-order valence-electron chi connectivity index (χ3n) is 3.85. The summed E-state index contributed by atoms with van der Waals surface area (Å²) in [6, 6.07) is 7.82. The molecule has 0 aliphatic heterocycles. The number of benzene rings is 1. The summed E-state index contributed by atoms with van der Waals surface area (Å²) in [5.41, 5.74) is 1.96. The third-order valence-corrected chi connectivity index (χ3v) is 4.07. The third kappa shape index (κ3) is 3.10. The van der Waals surface area contributed by atoms with Gasteiger partial charge in [0.05, 0.1) is 0 Å². The van der Waals surface area contributed by atoms with Gasteiger partial charge in [0.2, 0.25) is 0 Å². The number of halogens is 1. The standard InChI is InChI=1S/C15H19ClO/c1-2-3-11-4-5-14(10-11)12-6-8-13(9-7-12)15(16)17/h6-9,11,14H,2-5,10H2,1H3/t11-,14-/m0/s1. The monoisotopic (exact) mass is 250 g/mol. The predicted octanol–water partition coefficient (Wildman–Crippen LogP) is 4.75. The average Bonchev–Trinajstić information content (AvgIpc) is 2.78. The van der Waals surface area contributed by atoms with Gasteiger partial charge in [-0.05, 0) is 60.4 Å². The number of rotatable bonds is 4. The Morgan fingerprint density at radius 2 is 2.00 bits per heavy atom. The Labute approximate surface area is 108 Å². The number of hydrogen-bond acceptors (Lipinski definition) is 1. The second-order valence-corrected chi connectivity index (χ2v) is 5.40. The first-order valence-corrected chi connectivity index (χ1v) is 6.88. The molecule has 2 rings (SSSR count). The Morgan fingerprint density at radius 1 is 1.29 bits per heavy atom. The topological polar surface area (TPSA) is 17.1 Å². The molecular weight excluding hydrogens is 232 g/mol. The lowest BCUT2D eigenvalue weighted by Gasteiger charge is -2.11. The highest BCUT2D eigenvalue weighted by atomic mass is 35.5. The molecule has 17 heavy (non-hydrogen) atoms. The van der Waals surface area contributed by atoms with Gasteiger partial charge in [-0.3, -0.25) is 4.79 Å². The average molecular weight is 251 g/mol. The minimum Gasteiger partial charge on any atom is -0.276 e. The van der Waals surface area contributed by atoms with Crippen LogP contribution in [-0.2, 0) is 0 Å². The van der Waals surface area contributed by atoms with Gasteiger partial charge < -0.3 is 0 Å². The van der Waals surface area contributed by atoms with E-state index in [4.69, 9.17) is 11.6 Å². The summed E-state index contributed by atoms with van der Waals surface area (Å²) in [7, 11) is 0. The molecule has 0 aromatic heterocycles. The maximum absolute atomic E-state index is 11.0. The summed E-state index contributed by atoms with van der Waals surface area (Å²) in [6.07, 6.45) is 6.60. The first-order valence-electron chi connectivity index (χ1n) is 6.50. The van der Waals surface area contributed by atoms with Crippen LogP contribution in [0.3, 0.4) is 0 Å². The highest BCUT2D eigenvalue weighted by molar-refractivity contribution is 6.67. The van der Waals surface area contributed by atoms with Crippen molar-refractivity contribution < 1.29 is 4.79 Å². The van der Waals surface area contributed by atoms with Gasteiger partial charge in [0.25, 0.3) is 5.24 Å². The minimum atomic E-state index is -0.369. The van der Waals surface area contributed by atoms with E-state index < -0.39 is 0 Å². The maximum Gasteiger partial charge on any atom is 0.252 e. The quantitative estimate of drug-likeness (QED) is 0.705. The maximum atomic E-state index is 11.0. The van der Waals surface area contributed by atoms with Crippen molar-refractivity contribution in [2.45, 2.75) is 44.9 Å². The fraction of sp³-hybridized carbons (Fsp3) is 0.533. The van der Waals surface area contributed by atoms with E-state index in [9.17, 15) is 4.79 Å². The van der Waals surface area contributed by atoms with Crippen LogP contribution in [0.4, 0.5) is 0 Å². The second-order valence-electron chi connectivity index (χ2n) is 5.06. The van der Waals surface area contributed by atoms with E-state index in [-0.39, 0.29) is 5.24 Å². The molecule has 92 valence electrons. The van der Waals surface area contributed by atoms with Crippen LogP contribution in [0, 0.1) is 5.92 Å². The molecule has 1 aromatic rings. The largest absolute Gasteiger partial charge is 0.276 e. The molecule has 1 aliphatic rings. The molecule has 1 aliphatic carbocycles. The molecule has 1 saturated carbocycles. The van der Waals surface area contributed by atoms with Crippen LogP contribution >= 0.6 is 11.6 Å². The van der Waals surface area contributed by atoms with Crippen molar-refractivity contribution in [1.82, 2.24) is 0 Å². The Hall–Kier alpha value is -0.820. The van der Waals surface area contributed by atoms with Crippen LogP contribution in [-0.4, -0.2) is 5.24 Å². The van der Waals surface area contributed by atoms with Crippen molar-refractivity contribution in [2.24, 2.45) is 5.92 Å². The van der Waals surface area contributed by atoms with Crippen molar-refractivity contribution in [2.75, 3.05) is 0 Å². The van der Waals surface area contributed by atoms with Crippen molar-refractivity contribution in [3.8, 4) is 0 Å². The van der Waals surface area contributed by atoms with Crippen molar-refractivity contribution in [3.63, 3.8) is 0 Å². The lowest BCUT2D eigenvalue weighted by molar-refractivity contribution is 0.108.